The number of nitriles is 1. The average Bonchev–Trinajstić information content (AvgIpc) is 2.86. The van der Waals surface area contributed by atoms with Gasteiger partial charge in [0.05, 0.1) is 28.9 Å². The molecule has 1 aromatic carbocycles. The second-order valence-electron chi connectivity index (χ2n) is 3.64. The number of nitrogens with zero attached hydrogens (tertiary/aromatic N) is 2. The summed E-state index contributed by atoms with van der Waals surface area (Å²) >= 11 is 5.98. The number of aromatic nitrogens is 1. The number of hydrogen-bond acceptors (Lipinski definition) is 5. The Kier molecular flexibility index (Phi) is 3.68. The van der Waals surface area contributed by atoms with Crippen LogP contribution in [0.3, 0.4) is 0 Å². The minimum absolute atomic E-state index is 0.150. The zero-order valence-corrected chi connectivity index (χ0v) is 10.3. The highest BCUT2D eigenvalue weighted by molar-refractivity contribution is 6.33. The molecule has 0 aliphatic carbocycles. The number of nitrogens with one attached hydrogen (secondary N) is 1. The quantitative estimate of drug-likeness (QED) is 0.891. The van der Waals surface area contributed by atoms with E-state index in [4.69, 9.17) is 26.5 Å². The minimum Gasteiger partial charge on any atom is -0.476 e. The molecule has 1 aromatic heterocycles. The van der Waals surface area contributed by atoms with Gasteiger partial charge in [-0.15, -0.1) is 0 Å². The van der Waals surface area contributed by atoms with Crippen LogP contribution in [0.25, 0.3) is 0 Å². The molecule has 2 N–H and O–H groups in total. The fourth-order valence-corrected chi connectivity index (χ4v) is 1.65. The standard InChI is InChI=1S/C12H8ClN3O3/c13-9-3-7(5-14)1-2-10(9)15-6-8-4-11(12(17)18)16-19-8/h1-4,15H,6H2,(H,17,18). The predicted octanol–water partition coefficient (Wildman–Crippen LogP) is 2.51. The van der Waals surface area contributed by atoms with Crippen LogP contribution in [0, 0.1) is 11.3 Å². The first kappa shape index (κ1) is 12.9. The van der Waals surface area contributed by atoms with E-state index in [2.05, 4.69) is 10.5 Å². The van der Waals surface area contributed by atoms with Crippen LogP contribution in [0.2, 0.25) is 5.02 Å². The van der Waals surface area contributed by atoms with E-state index in [1.807, 2.05) is 6.07 Å². The molecule has 7 heteroatoms. The first-order valence-corrected chi connectivity index (χ1v) is 5.60. The maximum Gasteiger partial charge on any atom is 0.358 e. The Balaban J connectivity index is 2.06. The monoisotopic (exact) mass is 277 g/mol. The van der Waals surface area contributed by atoms with Crippen molar-refractivity contribution in [2.75, 3.05) is 5.32 Å². The van der Waals surface area contributed by atoms with Gasteiger partial charge in [-0.05, 0) is 18.2 Å². The Morgan fingerprint density at radius 1 is 1.53 bits per heavy atom. The largest absolute Gasteiger partial charge is 0.476 e. The van der Waals surface area contributed by atoms with Gasteiger partial charge in [0.15, 0.2) is 11.5 Å². The molecule has 2 aromatic rings. The van der Waals surface area contributed by atoms with Crippen LogP contribution >= 0.6 is 11.6 Å². The summed E-state index contributed by atoms with van der Waals surface area (Å²) in [7, 11) is 0. The fourth-order valence-electron chi connectivity index (χ4n) is 1.41. The SMILES string of the molecule is N#Cc1ccc(NCc2cc(C(=O)O)no2)c(Cl)c1. The molecule has 1 heterocycles. The summed E-state index contributed by atoms with van der Waals surface area (Å²) in [6.45, 7) is 0.242. The van der Waals surface area contributed by atoms with Crippen molar-refractivity contribution in [1.82, 2.24) is 5.16 Å². The lowest BCUT2D eigenvalue weighted by atomic mass is 10.2. The summed E-state index contributed by atoms with van der Waals surface area (Å²) < 4.78 is 4.84. The third kappa shape index (κ3) is 3.03. The molecular weight excluding hydrogens is 270 g/mol. The molecule has 0 atom stereocenters. The molecule has 0 saturated heterocycles. The van der Waals surface area contributed by atoms with Gasteiger partial charge in [0.1, 0.15) is 0 Å². The number of carboxylic acids is 1. The molecule has 0 unspecified atom stereocenters. The Morgan fingerprint density at radius 2 is 2.32 bits per heavy atom. The Bertz CT molecular complexity index is 660. The number of carboxylic acid groups (broad SMARTS) is 1. The molecule has 0 radical (unpaired) electrons. The van der Waals surface area contributed by atoms with Crippen LogP contribution in [0.15, 0.2) is 28.8 Å². The maximum absolute atomic E-state index is 10.6. The van der Waals surface area contributed by atoms with E-state index in [-0.39, 0.29) is 12.2 Å². The zero-order chi connectivity index (χ0) is 13.8. The van der Waals surface area contributed by atoms with Crippen LogP contribution < -0.4 is 5.32 Å². The highest BCUT2D eigenvalue weighted by atomic mass is 35.5. The van der Waals surface area contributed by atoms with Gasteiger partial charge in [-0.25, -0.2) is 4.79 Å². The third-order valence-corrected chi connectivity index (χ3v) is 2.64. The van der Waals surface area contributed by atoms with Crippen molar-refractivity contribution in [2.45, 2.75) is 6.54 Å². The summed E-state index contributed by atoms with van der Waals surface area (Å²) in [5.74, 6) is -0.774. The van der Waals surface area contributed by atoms with Crippen LogP contribution in [0.4, 0.5) is 5.69 Å². The van der Waals surface area contributed by atoms with Gasteiger partial charge in [-0.1, -0.05) is 16.8 Å². The van der Waals surface area contributed by atoms with Crippen LogP contribution in [0.1, 0.15) is 21.8 Å². The van der Waals surface area contributed by atoms with E-state index >= 15 is 0 Å². The lowest BCUT2D eigenvalue weighted by molar-refractivity contribution is 0.0685. The molecule has 0 saturated carbocycles. The van der Waals surface area contributed by atoms with Gasteiger partial charge >= 0.3 is 5.97 Å². The number of carbonyl (C=O) groups is 1. The van der Waals surface area contributed by atoms with Gasteiger partial charge in [0.2, 0.25) is 0 Å². The predicted molar refractivity (Wildman–Crippen MR) is 67.0 cm³/mol. The number of hydrogen-bond donors (Lipinski definition) is 2. The third-order valence-electron chi connectivity index (χ3n) is 2.33. The van der Waals surface area contributed by atoms with Crippen molar-refractivity contribution in [3.05, 3.63) is 46.3 Å². The van der Waals surface area contributed by atoms with E-state index in [0.29, 0.717) is 22.0 Å². The van der Waals surface area contributed by atoms with E-state index in [9.17, 15) is 4.79 Å². The Hall–Kier alpha value is -2.52. The summed E-state index contributed by atoms with van der Waals surface area (Å²) in [6.07, 6.45) is 0. The summed E-state index contributed by atoms with van der Waals surface area (Å²) in [4.78, 5) is 10.6. The Labute approximate surface area is 113 Å². The molecule has 0 spiro atoms. The normalized spacial score (nSPS) is 9.89. The number of halogens is 1. The topological polar surface area (TPSA) is 99.2 Å². The number of benzene rings is 1. The average molecular weight is 278 g/mol. The molecule has 19 heavy (non-hydrogen) atoms. The highest BCUT2D eigenvalue weighted by Crippen LogP contribution is 2.23. The minimum atomic E-state index is -1.15. The first-order valence-electron chi connectivity index (χ1n) is 5.22. The zero-order valence-electron chi connectivity index (χ0n) is 9.55. The molecule has 0 aliphatic heterocycles. The second-order valence-corrected chi connectivity index (χ2v) is 4.05. The summed E-state index contributed by atoms with van der Waals surface area (Å²) in [5, 5.41) is 24.2. The van der Waals surface area contributed by atoms with Crippen LogP contribution in [0.5, 0.6) is 0 Å². The van der Waals surface area contributed by atoms with Crippen molar-refractivity contribution in [3.8, 4) is 6.07 Å². The summed E-state index contributed by atoms with van der Waals surface area (Å²) in [5.41, 5.74) is 0.931. The Morgan fingerprint density at radius 3 is 2.89 bits per heavy atom. The van der Waals surface area contributed by atoms with Crippen molar-refractivity contribution in [3.63, 3.8) is 0 Å². The van der Waals surface area contributed by atoms with Crippen LogP contribution in [-0.4, -0.2) is 16.2 Å². The molecule has 0 bridgehead atoms. The lowest BCUT2D eigenvalue weighted by Gasteiger charge is -2.06. The summed E-state index contributed by atoms with van der Waals surface area (Å²) in [6, 6.07) is 8.12. The fraction of sp³-hybridized carbons (Fsp3) is 0.0833. The van der Waals surface area contributed by atoms with Crippen molar-refractivity contribution < 1.29 is 14.4 Å². The van der Waals surface area contributed by atoms with E-state index in [0.717, 1.165) is 0 Å². The van der Waals surface area contributed by atoms with E-state index in [1.165, 1.54) is 12.1 Å². The van der Waals surface area contributed by atoms with Gasteiger partial charge in [-0.3, -0.25) is 0 Å². The molecule has 0 aliphatic rings. The second kappa shape index (κ2) is 5.42. The van der Waals surface area contributed by atoms with Crippen molar-refractivity contribution in [2.24, 2.45) is 0 Å². The lowest BCUT2D eigenvalue weighted by Crippen LogP contribution is -1.99. The van der Waals surface area contributed by atoms with Crippen LogP contribution in [-0.2, 0) is 6.54 Å². The van der Waals surface area contributed by atoms with Gasteiger partial charge in [-0.2, -0.15) is 5.26 Å². The van der Waals surface area contributed by atoms with E-state index in [1.54, 1.807) is 12.1 Å². The highest BCUT2D eigenvalue weighted by Gasteiger charge is 2.10. The van der Waals surface area contributed by atoms with E-state index < -0.39 is 5.97 Å². The van der Waals surface area contributed by atoms with Gasteiger partial charge in [0, 0.05) is 6.07 Å². The molecule has 2 rings (SSSR count). The molecule has 0 amide bonds. The maximum atomic E-state index is 10.6. The molecular formula is C12H8ClN3O3. The number of aromatic carboxylic acids is 1. The van der Waals surface area contributed by atoms with Gasteiger partial charge in [0.25, 0.3) is 0 Å². The molecule has 0 fully saturated rings. The number of anilines is 1. The van der Waals surface area contributed by atoms with Gasteiger partial charge < -0.3 is 14.9 Å². The van der Waals surface area contributed by atoms with Crippen molar-refractivity contribution >= 4 is 23.3 Å². The van der Waals surface area contributed by atoms with Crippen molar-refractivity contribution in [1.29, 1.82) is 5.26 Å². The number of rotatable bonds is 4. The smallest absolute Gasteiger partial charge is 0.358 e. The molecule has 96 valence electrons. The molecule has 6 nitrogen and oxygen atoms in total. The first-order chi connectivity index (χ1) is 9.10.